The number of carbonyl (C=O) groups is 2. The fourth-order valence-electron chi connectivity index (χ4n) is 1.69. The third-order valence-corrected chi connectivity index (χ3v) is 2.82. The van der Waals surface area contributed by atoms with E-state index >= 15 is 0 Å². The Balaban J connectivity index is 2.28. The molecule has 1 aromatic rings. The van der Waals surface area contributed by atoms with E-state index in [4.69, 9.17) is 0 Å². The molecule has 0 atom stereocenters. The summed E-state index contributed by atoms with van der Waals surface area (Å²) in [6, 6.07) is 4.51. The lowest BCUT2D eigenvalue weighted by atomic mass is 10.2. The predicted molar refractivity (Wildman–Crippen MR) is 67.3 cm³/mol. The third-order valence-electron chi connectivity index (χ3n) is 2.82. The minimum atomic E-state index is -0.497. The lowest BCUT2D eigenvalue weighted by molar-refractivity contribution is -0.385. The van der Waals surface area contributed by atoms with Gasteiger partial charge in [0.2, 0.25) is 0 Å². The zero-order valence-corrected chi connectivity index (χ0v) is 10.3. The van der Waals surface area contributed by atoms with Crippen molar-refractivity contribution in [3.8, 4) is 0 Å². The number of aryl methyl sites for hydroxylation is 1. The van der Waals surface area contributed by atoms with Crippen molar-refractivity contribution in [2.75, 3.05) is 12.4 Å². The van der Waals surface area contributed by atoms with E-state index in [-0.39, 0.29) is 11.4 Å². The molecule has 98 valence electrons. The van der Waals surface area contributed by atoms with Crippen LogP contribution in [-0.4, -0.2) is 28.7 Å². The Morgan fingerprint density at radius 2 is 2.00 bits per heavy atom. The molecule has 2 rings (SSSR count). The molecule has 7 heteroatoms. The maximum Gasteiger partial charge on any atom is 0.277 e. The van der Waals surface area contributed by atoms with Crippen molar-refractivity contribution in [1.82, 2.24) is 4.90 Å². The van der Waals surface area contributed by atoms with Crippen LogP contribution in [0.2, 0.25) is 0 Å². The normalized spacial score (nSPS) is 14.6. The van der Waals surface area contributed by atoms with Crippen LogP contribution in [0.4, 0.5) is 11.4 Å². The van der Waals surface area contributed by atoms with Crippen molar-refractivity contribution >= 4 is 23.2 Å². The van der Waals surface area contributed by atoms with Crippen LogP contribution in [0.25, 0.3) is 0 Å². The van der Waals surface area contributed by atoms with E-state index < -0.39 is 16.7 Å². The minimum absolute atomic E-state index is 0.0456. The van der Waals surface area contributed by atoms with E-state index in [1.165, 1.54) is 13.1 Å². The molecule has 0 aliphatic carbocycles. The van der Waals surface area contributed by atoms with Gasteiger partial charge >= 0.3 is 0 Å². The second-order valence-corrected chi connectivity index (χ2v) is 4.14. The Morgan fingerprint density at radius 1 is 1.32 bits per heavy atom. The number of imide groups is 1. The Kier molecular flexibility index (Phi) is 3.04. The average molecular weight is 261 g/mol. The van der Waals surface area contributed by atoms with Crippen LogP contribution >= 0.6 is 0 Å². The molecule has 1 N–H and O–H groups in total. The van der Waals surface area contributed by atoms with Crippen LogP contribution in [-0.2, 0) is 9.59 Å². The zero-order chi connectivity index (χ0) is 14.2. The zero-order valence-electron chi connectivity index (χ0n) is 10.3. The number of nitro benzene ring substituents is 1. The van der Waals surface area contributed by atoms with Gasteiger partial charge in [-0.3, -0.25) is 24.6 Å². The molecule has 0 fully saturated rings. The number of nitro groups is 1. The molecule has 0 bridgehead atoms. The summed E-state index contributed by atoms with van der Waals surface area (Å²) >= 11 is 0. The van der Waals surface area contributed by atoms with E-state index in [0.29, 0.717) is 11.3 Å². The molecule has 0 aromatic heterocycles. The summed E-state index contributed by atoms with van der Waals surface area (Å²) in [6.45, 7) is 1.62. The second-order valence-electron chi connectivity index (χ2n) is 4.14. The first-order valence-electron chi connectivity index (χ1n) is 5.46. The number of hydrogen-bond acceptors (Lipinski definition) is 5. The first kappa shape index (κ1) is 12.7. The lowest BCUT2D eigenvalue weighted by Gasteiger charge is -2.09. The molecular weight excluding hydrogens is 250 g/mol. The molecule has 0 unspecified atom stereocenters. The third kappa shape index (κ3) is 2.30. The van der Waals surface area contributed by atoms with Crippen LogP contribution in [0, 0.1) is 17.0 Å². The summed E-state index contributed by atoms with van der Waals surface area (Å²) in [5.41, 5.74) is 0.969. The van der Waals surface area contributed by atoms with Gasteiger partial charge in [0.25, 0.3) is 17.5 Å². The van der Waals surface area contributed by atoms with Crippen molar-refractivity contribution in [3.63, 3.8) is 0 Å². The molecule has 7 nitrogen and oxygen atoms in total. The lowest BCUT2D eigenvalue weighted by Crippen LogP contribution is -2.27. The van der Waals surface area contributed by atoms with Crippen LogP contribution in [0.3, 0.4) is 0 Å². The topological polar surface area (TPSA) is 92.6 Å². The summed E-state index contributed by atoms with van der Waals surface area (Å²) in [7, 11) is 1.37. The van der Waals surface area contributed by atoms with Gasteiger partial charge < -0.3 is 5.32 Å². The Bertz CT molecular complexity index is 621. The fourth-order valence-corrected chi connectivity index (χ4v) is 1.69. The summed E-state index contributed by atoms with van der Waals surface area (Å²) in [4.78, 5) is 34.2. The largest absolute Gasteiger partial charge is 0.351 e. The van der Waals surface area contributed by atoms with Crippen molar-refractivity contribution in [3.05, 3.63) is 45.6 Å². The number of nitrogens with zero attached hydrogens (tertiary/aromatic N) is 2. The van der Waals surface area contributed by atoms with E-state index in [0.717, 1.165) is 11.0 Å². The van der Waals surface area contributed by atoms with Gasteiger partial charge in [-0.2, -0.15) is 0 Å². The SMILES string of the molecule is Cc1ccc(NC2=CC(=O)N(C)C2=O)cc1[N+](=O)[O-]. The number of amides is 2. The van der Waals surface area contributed by atoms with Crippen LogP contribution in [0.15, 0.2) is 30.0 Å². The minimum Gasteiger partial charge on any atom is -0.351 e. The van der Waals surface area contributed by atoms with Gasteiger partial charge in [0.15, 0.2) is 0 Å². The highest BCUT2D eigenvalue weighted by Crippen LogP contribution is 2.24. The number of likely N-dealkylation sites (N-methyl/N-ethyl adjacent to an activating group) is 1. The van der Waals surface area contributed by atoms with Gasteiger partial charge in [0.1, 0.15) is 5.70 Å². The van der Waals surface area contributed by atoms with Crippen LogP contribution < -0.4 is 5.32 Å². The summed E-state index contributed by atoms with van der Waals surface area (Å²) in [6.07, 6.45) is 1.16. The van der Waals surface area contributed by atoms with Crippen LogP contribution in [0.1, 0.15) is 5.56 Å². The van der Waals surface area contributed by atoms with Crippen LogP contribution in [0.5, 0.6) is 0 Å². The molecule has 1 heterocycles. The van der Waals surface area contributed by atoms with Gasteiger partial charge in [-0.1, -0.05) is 6.07 Å². The maximum absolute atomic E-state index is 11.6. The molecule has 0 saturated heterocycles. The average Bonchev–Trinajstić information content (AvgIpc) is 2.59. The van der Waals surface area contributed by atoms with Gasteiger partial charge in [0.05, 0.1) is 4.92 Å². The number of rotatable bonds is 3. The highest BCUT2D eigenvalue weighted by Gasteiger charge is 2.27. The van der Waals surface area contributed by atoms with Gasteiger partial charge in [-0.25, -0.2) is 0 Å². The van der Waals surface area contributed by atoms with Gasteiger partial charge in [-0.05, 0) is 13.0 Å². The molecule has 1 aromatic carbocycles. The Labute approximate surface area is 108 Å². The molecular formula is C12H11N3O4. The molecule has 0 radical (unpaired) electrons. The highest BCUT2D eigenvalue weighted by atomic mass is 16.6. The molecule has 2 amide bonds. The molecule has 0 spiro atoms. The summed E-state index contributed by atoms with van der Waals surface area (Å²) in [5, 5.41) is 13.5. The Hall–Kier alpha value is -2.70. The molecule has 1 aliphatic rings. The van der Waals surface area contributed by atoms with Gasteiger partial charge in [0, 0.05) is 30.4 Å². The van der Waals surface area contributed by atoms with E-state index in [2.05, 4.69) is 5.32 Å². The quantitative estimate of drug-likeness (QED) is 0.501. The van der Waals surface area contributed by atoms with E-state index in [9.17, 15) is 19.7 Å². The van der Waals surface area contributed by atoms with Crippen molar-refractivity contribution < 1.29 is 14.5 Å². The standard InChI is InChI=1S/C12H11N3O4/c1-7-3-4-8(5-10(7)15(18)19)13-9-6-11(16)14(2)12(9)17/h3-6,13H,1-2H3. The second kappa shape index (κ2) is 4.52. The predicted octanol–water partition coefficient (Wildman–Crippen LogP) is 1.20. The number of hydrogen-bond donors (Lipinski definition) is 1. The fraction of sp³-hybridized carbons (Fsp3) is 0.167. The first-order valence-corrected chi connectivity index (χ1v) is 5.46. The Morgan fingerprint density at radius 3 is 2.53 bits per heavy atom. The first-order chi connectivity index (χ1) is 8.90. The highest BCUT2D eigenvalue weighted by molar-refractivity contribution is 6.17. The van der Waals surface area contributed by atoms with E-state index in [1.807, 2.05) is 0 Å². The summed E-state index contributed by atoms with van der Waals surface area (Å²) in [5.74, 6) is -0.887. The number of anilines is 1. The van der Waals surface area contributed by atoms with Crippen molar-refractivity contribution in [1.29, 1.82) is 0 Å². The number of benzene rings is 1. The van der Waals surface area contributed by atoms with Crippen molar-refractivity contribution in [2.24, 2.45) is 0 Å². The van der Waals surface area contributed by atoms with Gasteiger partial charge in [-0.15, -0.1) is 0 Å². The molecule has 1 aliphatic heterocycles. The molecule has 19 heavy (non-hydrogen) atoms. The maximum atomic E-state index is 11.6. The van der Waals surface area contributed by atoms with E-state index in [1.54, 1.807) is 19.1 Å². The monoisotopic (exact) mass is 261 g/mol. The molecule has 0 saturated carbocycles. The summed E-state index contributed by atoms with van der Waals surface area (Å²) < 4.78 is 0. The number of carbonyl (C=O) groups excluding carboxylic acids is 2. The number of nitrogens with one attached hydrogen (secondary N) is 1. The van der Waals surface area contributed by atoms with Crippen molar-refractivity contribution in [2.45, 2.75) is 6.92 Å². The smallest absolute Gasteiger partial charge is 0.277 e.